The summed E-state index contributed by atoms with van der Waals surface area (Å²) in [6.45, 7) is 0. The Bertz CT molecular complexity index is 802. The minimum absolute atomic E-state index is 0.152. The molecule has 7 nitrogen and oxygen atoms in total. The number of pyridine rings is 1. The van der Waals surface area contributed by atoms with Crippen molar-refractivity contribution in [3.63, 3.8) is 0 Å². The van der Waals surface area contributed by atoms with Gasteiger partial charge in [-0.1, -0.05) is 0 Å². The molecular weight excluding hydrogens is 270 g/mol. The van der Waals surface area contributed by atoms with Crippen LogP contribution in [0, 0.1) is 22.7 Å². The summed E-state index contributed by atoms with van der Waals surface area (Å²) >= 11 is 0. The van der Waals surface area contributed by atoms with Gasteiger partial charge in [-0.15, -0.1) is 0 Å². The highest BCUT2D eigenvalue weighted by atomic mass is 16.4. The highest BCUT2D eigenvalue weighted by Crippen LogP contribution is 2.23. The first-order valence-corrected chi connectivity index (χ1v) is 5.76. The molecule has 2 rings (SSSR count). The van der Waals surface area contributed by atoms with Gasteiger partial charge >= 0.3 is 5.97 Å². The first-order chi connectivity index (χ1) is 10.0. The van der Waals surface area contributed by atoms with Gasteiger partial charge in [-0.25, -0.2) is 9.78 Å². The lowest BCUT2D eigenvalue weighted by Gasteiger charge is -2.09. The number of carboxylic acid groups (broad SMARTS) is 1. The van der Waals surface area contributed by atoms with Crippen LogP contribution in [0.2, 0.25) is 0 Å². The first-order valence-electron chi connectivity index (χ1n) is 5.76. The Balaban J connectivity index is 2.39. The molecule has 0 radical (unpaired) electrons. The van der Waals surface area contributed by atoms with E-state index < -0.39 is 5.97 Å². The third-order valence-corrected chi connectivity index (χ3v) is 2.67. The van der Waals surface area contributed by atoms with E-state index in [9.17, 15) is 4.79 Å². The van der Waals surface area contributed by atoms with Gasteiger partial charge in [-0.05, 0) is 30.3 Å². The maximum absolute atomic E-state index is 10.9. The van der Waals surface area contributed by atoms with Crippen LogP contribution in [0.3, 0.4) is 0 Å². The number of nitrogens with one attached hydrogen (secondary N) is 1. The van der Waals surface area contributed by atoms with Crippen molar-refractivity contribution in [3.05, 3.63) is 47.2 Å². The average Bonchev–Trinajstić information content (AvgIpc) is 2.49. The van der Waals surface area contributed by atoms with E-state index in [1.54, 1.807) is 6.07 Å². The number of nitrogens with two attached hydrogens (primary N) is 1. The first kappa shape index (κ1) is 13.8. The van der Waals surface area contributed by atoms with Crippen LogP contribution in [0.25, 0.3) is 0 Å². The summed E-state index contributed by atoms with van der Waals surface area (Å²) in [4.78, 5) is 14.8. The van der Waals surface area contributed by atoms with Crippen LogP contribution in [0.1, 0.15) is 21.6 Å². The molecule has 1 aromatic heterocycles. The molecule has 0 spiro atoms. The summed E-state index contributed by atoms with van der Waals surface area (Å²) in [6, 6.07) is 11.1. The zero-order valence-corrected chi connectivity index (χ0v) is 10.7. The Labute approximate surface area is 119 Å². The molecule has 0 amide bonds. The Hall–Kier alpha value is -3.58. The summed E-state index contributed by atoms with van der Waals surface area (Å²) < 4.78 is 0. The second kappa shape index (κ2) is 5.59. The van der Waals surface area contributed by atoms with Gasteiger partial charge in [-0.2, -0.15) is 10.5 Å². The van der Waals surface area contributed by atoms with Crippen molar-refractivity contribution >= 4 is 23.2 Å². The highest BCUT2D eigenvalue weighted by Gasteiger charge is 2.10. The average molecular weight is 279 g/mol. The molecule has 4 N–H and O–H groups in total. The fourth-order valence-corrected chi connectivity index (χ4v) is 1.64. The van der Waals surface area contributed by atoms with E-state index in [0.29, 0.717) is 5.69 Å². The van der Waals surface area contributed by atoms with E-state index in [1.807, 2.05) is 12.1 Å². The SMILES string of the molecule is N#Cc1ccc(Nc2nc(C(=O)O)ccc2N)cc1C#N. The van der Waals surface area contributed by atoms with Crippen molar-refractivity contribution in [2.24, 2.45) is 0 Å². The molecule has 0 saturated carbocycles. The lowest BCUT2D eigenvalue weighted by atomic mass is 10.1. The second-order valence-corrected chi connectivity index (χ2v) is 4.05. The number of benzene rings is 1. The van der Waals surface area contributed by atoms with Gasteiger partial charge in [0.2, 0.25) is 0 Å². The summed E-state index contributed by atoms with van der Waals surface area (Å²) in [6.07, 6.45) is 0. The predicted molar refractivity (Wildman–Crippen MR) is 74.8 cm³/mol. The maximum Gasteiger partial charge on any atom is 0.354 e. The molecule has 0 unspecified atom stereocenters. The van der Waals surface area contributed by atoms with Crippen LogP contribution < -0.4 is 11.1 Å². The van der Waals surface area contributed by atoms with Gasteiger partial charge in [0, 0.05) is 5.69 Å². The molecule has 1 heterocycles. The molecule has 1 aromatic carbocycles. The standard InChI is InChI=1S/C14H9N5O2/c15-6-8-1-2-10(5-9(8)7-16)18-13-11(17)3-4-12(19-13)14(20)21/h1-5H,17H2,(H,18,19)(H,20,21). The van der Waals surface area contributed by atoms with E-state index in [4.69, 9.17) is 21.4 Å². The minimum Gasteiger partial charge on any atom is -0.477 e. The van der Waals surface area contributed by atoms with E-state index in [-0.39, 0.29) is 28.3 Å². The number of nitriles is 2. The number of aromatic nitrogens is 1. The van der Waals surface area contributed by atoms with E-state index >= 15 is 0 Å². The van der Waals surface area contributed by atoms with Crippen LogP contribution >= 0.6 is 0 Å². The number of hydrogen-bond donors (Lipinski definition) is 3. The molecule has 7 heteroatoms. The summed E-state index contributed by atoms with van der Waals surface area (Å²) in [5, 5.41) is 29.6. The van der Waals surface area contributed by atoms with Gasteiger partial charge in [0.05, 0.1) is 16.8 Å². The van der Waals surface area contributed by atoms with Crippen molar-refractivity contribution < 1.29 is 9.90 Å². The number of hydrogen-bond acceptors (Lipinski definition) is 6. The molecule has 21 heavy (non-hydrogen) atoms. The normalized spacial score (nSPS) is 9.43. The topological polar surface area (TPSA) is 136 Å². The zero-order chi connectivity index (χ0) is 15.4. The fraction of sp³-hybridized carbons (Fsp3) is 0. The van der Waals surface area contributed by atoms with Gasteiger partial charge in [0.15, 0.2) is 11.5 Å². The van der Waals surface area contributed by atoms with Crippen molar-refractivity contribution in [1.29, 1.82) is 10.5 Å². The number of nitrogens with zero attached hydrogens (tertiary/aromatic N) is 3. The molecule has 0 aliphatic rings. The molecule has 0 atom stereocenters. The van der Waals surface area contributed by atoms with Gasteiger partial charge in [0.1, 0.15) is 12.1 Å². The summed E-state index contributed by atoms with van der Waals surface area (Å²) in [5.74, 6) is -1.00. The molecule has 2 aromatic rings. The van der Waals surface area contributed by atoms with Crippen LogP contribution in [0.4, 0.5) is 17.2 Å². The Kier molecular flexibility index (Phi) is 3.69. The second-order valence-electron chi connectivity index (χ2n) is 4.05. The summed E-state index contributed by atoms with van der Waals surface area (Å²) in [5.41, 5.74) is 6.78. The lowest BCUT2D eigenvalue weighted by molar-refractivity contribution is 0.0690. The van der Waals surface area contributed by atoms with Crippen LogP contribution in [-0.4, -0.2) is 16.1 Å². The van der Waals surface area contributed by atoms with Gasteiger partial charge in [0.25, 0.3) is 0 Å². The molecule has 102 valence electrons. The fourth-order valence-electron chi connectivity index (χ4n) is 1.64. The Morgan fingerprint density at radius 2 is 1.90 bits per heavy atom. The van der Waals surface area contributed by atoms with E-state index in [1.165, 1.54) is 24.3 Å². The van der Waals surface area contributed by atoms with Gasteiger partial charge < -0.3 is 16.2 Å². The third kappa shape index (κ3) is 2.88. The minimum atomic E-state index is -1.17. The smallest absolute Gasteiger partial charge is 0.354 e. The number of carbonyl (C=O) groups is 1. The third-order valence-electron chi connectivity index (χ3n) is 2.67. The Morgan fingerprint density at radius 1 is 1.19 bits per heavy atom. The molecule has 0 aliphatic heterocycles. The molecule has 0 fully saturated rings. The lowest BCUT2D eigenvalue weighted by Crippen LogP contribution is -2.06. The maximum atomic E-state index is 10.9. The molecule has 0 aliphatic carbocycles. The van der Waals surface area contributed by atoms with Crippen LogP contribution in [0.15, 0.2) is 30.3 Å². The quantitative estimate of drug-likeness (QED) is 0.779. The summed E-state index contributed by atoms with van der Waals surface area (Å²) in [7, 11) is 0. The number of anilines is 3. The number of aromatic carboxylic acids is 1. The predicted octanol–water partition coefficient (Wildman–Crippen LogP) is 1.85. The van der Waals surface area contributed by atoms with Crippen molar-refractivity contribution in [1.82, 2.24) is 4.98 Å². The number of carboxylic acids is 1. The monoisotopic (exact) mass is 279 g/mol. The van der Waals surface area contributed by atoms with Crippen molar-refractivity contribution in [2.45, 2.75) is 0 Å². The van der Waals surface area contributed by atoms with Crippen molar-refractivity contribution in [3.8, 4) is 12.1 Å². The highest BCUT2D eigenvalue weighted by molar-refractivity contribution is 5.87. The van der Waals surface area contributed by atoms with E-state index in [2.05, 4.69) is 10.3 Å². The van der Waals surface area contributed by atoms with E-state index in [0.717, 1.165) is 0 Å². The largest absolute Gasteiger partial charge is 0.477 e. The number of rotatable bonds is 3. The van der Waals surface area contributed by atoms with Gasteiger partial charge in [-0.3, -0.25) is 0 Å². The Morgan fingerprint density at radius 3 is 2.52 bits per heavy atom. The molecule has 0 bridgehead atoms. The van der Waals surface area contributed by atoms with Crippen molar-refractivity contribution in [2.75, 3.05) is 11.1 Å². The van der Waals surface area contributed by atoms with Crippen LogP contribution in [0.5, 0.6) is 0 Å². The molecular formula is C14H9N5O2. The van der Waals surface area contributed by atoms with Crippen LogP contribution in [-0.2, 0) is 0 Å². The number of nitrogen functional groups attached to an aromatic ring is 1. The molecule has 0 saturated heterocycles. The zero-order valence-electron chi connectivity index (χ0n) is 10.7.